The molecule has 1 saturated heterocycles. The molecule has 1 aliphatic rings. The van der Waals surface area contributed by atoms with Crippen LogP contribution in [-0.2, 0) is 11.3 Å². The second-order valence-electron chi connectivity index (χ2n) is 5.04. The lowest BCUT2D eigenvalue weighted by Crippen LogP contribution is -2.36. The van der Waals surface area contributed by atoms with Crippen LogP contribution < -0.4 is 5.73 Å². The summed E-state index contributed by atoms with van der Waals surface area (Å²) in [4.78, 5) is 2.46. The molecule has 0 spiro atoms. The standard InChI is InChI=1S/C15H23N3O/c1-2-19-14-7-9-18(10-8-14)11-12-3-5-13(6-4-12)15(16)17/h3-6,14H,2,7-11H2,1H3,(H3,16,17). The summed E-state index contributed by atoms with van der Waals surface area (Å²) in [6.07, 6.45) is 2.69. The Bertz CT molecular complexity index is 408. The lowest BCUT2D eigenvalue weighted by molar-refractivity contribution is 0.0125. The van der Waals surface area contributed by atoms with Crippen LogP contribution >= 0.6 is 0 Å². The van der Waals surface area contributed by atoms with Crippen LogP contribution in [0.1, 0.15) is 30.9 Å². The van der Waals surface area contributed by atoms with Crippen LogP contribution in [0.3, 0.4) is 0 Å². The number of nitrogen functional groups attached to an aromatic ring is 1. The zero-order valence-corrected chi connectivity index (χ0v) is 11.6. The molecule has 0 amide bonds. The average molecular weight is 261 g/mol. The van der Waals surface area contributed by atoms with E-state index in [0.29, 0.717) is 6.10 Å². The molecule has 0 atom stereocenters. The van der Waals surface area contributed by atoms with Crippen LogP contribution in [0.25, 0.3) is 0 Å². The van der Waals surface area contributed by atoms with Gasteiger partial charge in [0.2, 0.25) is 0 Å². The number of hydrogen-bond donors (Lipinski definition) is 2. The van der Waals surface area contributed by atoms with E-state index in [1.165, 1.54) is 5.56 Å². The quantitative estimate of drug-likeness (QED) is 0.629. The Morgan fingerprint density at radius 2 is 1.95 bits per heavy atom. The molecule has 0 aromatic heterocycles. The number of ether oxygens (including phenoxy) is 1. The van der Waals surface area contributed by atoms with E-state index >= 15 is 0 Å². The van der Waals surface area contributed by atoms with E-state index in [-0.39, 0.29) is 5.84 Å². The van der Waals surface area contributed by atoms with E-state index in [1.54, 1.807) is 0 Å². The number of likely N-dealkylation sites (tertiary alicyclic amines) is 1. The Hall–Kier alpha value is -1.39. The summed E-state index contributed by atoms with van der Waals surface area (Å²) in [5, 5.41) is 7.37. The number of rotatable bonds is 5. The number of hydrogen-bond acceptors (Lipinski definition) is 3. The maximum absolute atomic E-state index is 7.37. The summed E-state index contributed by atoms with van der Waals surface area (Å²) in [6, 6.07) is 7.96. The number of nitrogens with two attached hydrogens (primary N) is 1. The van der Waals surface area contributed by atoms with Gasteiger partial charge in [-0.3, -0.25) is 10.3 Å². The molecule has 0 bridgehead atoms. The summed E-state index contributed by atoms with van der Waals surface area (Å²) in [5.41, 5.74) is 7.52. The molecule has 2 rings (SSSR count). The van der Waals surface area contributed by atoms with E-state index in [9.17, 15) is 0 Å². The minimum atomic E-state index is 0.129. The van der Waals surface area contributed by atoms with Crippen molar-refractivity contribution in [3.63, 3.8) is 0 Å². The normalized spacial score (nSPS) is 17.5. The molecule has 1 aromatic rings. The second-order valence-corrected chi connectivity index (χ2v) is 5.04. The summed E-state index contributed by atoms with van der Waals surface area (Å²) < 4.78 is 5.66. The molecular weight excluding hydrogens is 238 g/mol. The molecule has 4 heteroatoms. The number of piperidine rings is 1. The van der Waals surface area contributed by atoms with Crippen molar-refractivity contribution in [2.45, 2.75) is 32.4 Å². The van der Waals surface area contributed by atoms with Gasteiger partial charge in [-0.1, -0.05) is 24.3 Å². The summed E-state index contributed by atoms with van der Waals surface area (Å²) in [6.45, 7) is 6.04. The molecular formula is C15H23N3O. The smallest absolute Gasteiger partial charge is 0.122 e. The zero-order chi connectivity index (χ0) is 13.7. The molecule has 0 saturated carbocycles. The molecule has 0 unspecified atom stereocenters. The maximum atomic E-state index is 7.37. The molecule has 3 N–H and O–H groups in total. The molecule has 1 aromatic carbocycles. The first-order valence-corrected chi connectivity index (χ1v) is 6.96. The predicted molar refractivity (Wildman–Crippen MR) is 77.4 cm³/mol. The average Bonchev–Trinajstić information content (AvgIpc) is 2.42. The van der Waals surface area contributed by atoms with Crippen LogP contribution in [0.2, 0.25) is 0 Å². The van der Waals surface area contributed by atoms with Crippen molar-refractivity contribution < 1.29 is 4.74 Å². The zero-order valence-electron chi connectivity index (χ0n) is 11.6. The SMILES string of the molecule is CCOC1CCN(Cc2ccc(C(=N)N)cc2)CC1. The van der Waals surface area contributed by atoms with Crippen molar-refractivity contribution in [2.75, 3.05) is 19.7 Å². The summed E-state index contributed by atoms with van der Waals surface area (Å²) in [7, 11) is 0. The molecule has 104 valence electrons. The molecule has 4 nitrogen and oxygen atoms in total. The largest absolute Gasteiger partial charge is 0.384 e. The lowest BCUT2D eigenvalue weighted by Gasteiger charge is -2.31. The van der Waals surface area contributed by atoms with Gasteiger partial charge < -0.3 is 10.5 Å². The number of nitrogens with zero attached hydrogens (tertiary/aromatic N) is 1. The molecule has 0 aliphatic carbocycles. The monoisotopic (exact) mass is 261 g/mol. The highest BCUT2D eigenvalue weighted by atomic mass is 16.5. The summed E-state index contributed by atoms with van der Waals surface area (Å²) in [5.74, 6) is 0.129. The van der Waals surface area contributed by atoms with Crippen LogP contribution in [0.15, 0.2) is 24.3 Å². The third-order valence-corrected chi connectivity index (χ3v) is 3.61. The molecule has 0 radical (unpaired) electrons. The fraction of sp³-hybridized carbons (Fsp3) is 0.533. The number of amidine groups is 1. The van der Waals surface area contributed by atoms with Gasteiger partial charge in [0.05, 0.1) is 6.10 Å². The fourth-order valence-corrected chi connectivity index (χ4v) is 2.52. The molecule has 19 heavy (non-hydrogen) atoms. The van der Waals surface area contributed by atoms with Gasteiger partial charge in [0.25, 0.3) is 0 Å². The van der Waals surface area contributed by atoms with Gasteiger partial charge in [0, 0.05) is 31.8 Å². The third kappa shape index (κ3) is 4.04. The Morgan fingerprint density at radius 3 is 2.47 bits per heavy atom. The maximum Gasteiger partial charge on any atom is 0.122 e. The number of benzene rings is 1. The highest BCUT2D eigenvalue weighted by Gasteiger charge is 2.19. The molecule has 1 heterocycles. The van der Waals surface area contributed by atoms with Gasteiger partial charge in [0.15, 0.2) is 0 Å². The Labute approximate surface area is 115 Å². The van der Waals surface area contributed by atoms with E-state index in [2.05, 4.69) is 24.0 Å². The van der Waals surface area contributed by atoms with Gasteiger partial charge in [-0.15, -0.1) is 0 Å². The minimum absolute atomic E-state index is 0.129. The Morgan fingerprint density at radius 1 is 1.32 bits per heavy atom. The van der Waals surface area contributed by atoms with Gasteiger partial charge in [-0.25, -0.2) is 0 Å². The molecule has 1 aliphatic heterocycles. The fourth-order valence-electron chi connectivity index (χ4n) is 2.52. The van der Waals surface area contributed by atoms with Gasteiger partial charge >= 0.3 is 0 Å². The van der Waals surface area contributed by atoms with Crippen molar-refractivity contribution in [2.24, 2.45) is 5.73 Å². The first kappa shape index (κ1) is 14.0. The van der Waals surface area contributed by atoms with Crippen LogP contribution in [-0.4, -0.2) is 36.5 Å². The van der Waals surface area contributed by atoms with Gasteiger partial charge in [0.1, 0.15) is 5.84 Å². The van der Waals surface area contributed by atoms with Gasteiger partial charge in [-0.05, 0) is 25.3 Å². The predicted octanol–water partition coefficient (Wildman–Crippen LogP) is 1.97. The van der Waals surface area contributed by atoms with E-state index in [1.807, 2.05) is 12.1 Å². The van der Waals surface area contributed by atoms with E-state index in [4.69, 9.17) is 15.9 Å². The Balaban J connectivity index is 1.83. The van der Waals surface area contributed by atoms with Crippen LogP contribution in [0.5, 0.6) is 0 Å². The Kier molecular flexibility index (Phi) is 4.93. The molecule has 1 fully saturated rings. The lowest BCUT2D eigenvalue weighted by atomic mass is 10.1. The van der Waals surface area contributed by atoms with Gasteiger partial charge in [-0.2, -0.15) is 0 Å². The van der Waals surface area contributed by atoms with Crippen LogP contribution in [0.4, 0.5) is 0 Å². The number of nitrogens with one attached hydrogen (secondary N) is 1. The van der Waals surface area contributed by atoms with Crippen LogP contribution in [0, 0.1) is 5.41 Å². The highest BCUT2D eigenvalue weighted by Crippen LogP contribution is 2.16. The summed E-state index contributed by atoms with van der Waals surface area (Å²) >= 11 is 0. The van der Waals surface area contributed by atoms with Crippen molar-refractivity contribution in [3.8, 4) is 0 Å². The van der Waals surface area contributed by atoms with E-state index < -0.39 is 0 Å². The van der Waals surface area contributed by atoms with Crippen molar-refractivity contribution >= 4 is 5.84 Å². The highest BCUT2D eigenvalue weighted by molar-refractivity contribution is 5.94. The third-order valence-electron chi connectivity index (χ3n) is 3.61. The first-order chi connectivity index (χ1) is 9.19. The van der Waals surface area contributed by atoms with Crippen molar-refractivity contribution in [1.82, 2.24) is 4.90 Å². The van der Waals surface area contributed by atoms with Crippen molar-refractivity contribution in [3.05, 3.63) is 35.4 Å². The topological polar surface area (TPSA) is 62.3 Å². The second kappa shape index (κ2) is 6.68. The van der Waals surface area contributed by atoms with E-state index in [0.717, 1.165) is 44.6 Å². The first-order valence-electron chi connectivity index (χ1n) is 6.96. The minimum Gasteiger partial charge on any atom is -0.384 e. The van der Waals surface area contributed by atoms with Crippen molar-refractivity contribution in [1.29, 1.82) is 5.41 Å².